The SMILES string of the molecule is NCCC1CCCCN1C(=O)c1cc2ccccc2o1. The Hall–Kier alpha value is -1.81. The van der Waals surface area contributed by atoms with Crippen LogP contribution in [0.25, 0.3) is 11.0 Å². The van der Waals surface area contributed by atoms with Crippen molar-refractivity contribution in [1.29, 1.82) is 0 Å². The third kappa shape index (κ3) is 2.43. The molecule has 1 aliphatic rings. The number of carbonyl (C=O) groups is 1. The van der Waals surface area contributed by atoms with E-state index in [4.69, 9.17) is 10.2 Å². The highest BCUT2D eigenvalue weighted by Crippen LogP contribution is 2.25. The zero-order valence-electron chi connectivity index (χ0n) is 11.5. The molecule has 1 aromatic heterocycles. The summed E-state index contributed by atoms with van der Waals surface area (Å²) in [6, 6.07) is 9.81. The maximum absolute atomic E-state index is 12.6. The third-order valence-corrected chi connectivity index (χ3v) is 4.02. The average molecular weight is 272 g/mol. The second-order valence-corrected chi connectivity index (χ2v) is 5.37. The predicted octanol–water partition coefficient (Wildman–Crippen LogP) is 2.78. The fourth-order valence-corrected chi connectivity index (χ4v) is 2.99. The molecule has 106 valence electrons. The van der Waals surface area contributed by atoms with Gasteiger partial charge in [0.05, 0.1) is 0 Å². The number of likely N-dealkylation sites (tertiary alicyclic amines) is 1. The lowest BCUT2D eigenvalue weighted by molar-refractivity contribution is 0.0575. The van der Waals surface area contributed by atoms with Crippen LogP contribution in [0.4, 0.5) is 0 Å². The number of amides is 1. The van der Waals surface area contributed by atoms with Crippen molar-refractivity contribution in [2.24, 2.45) is 5.73 Å². The van der Waals surface area contributed by atoms with E-state index in [1.54, 1.807) is 0 Å². The highest BCUT2D eigenvalue weighted by Gasteiger charge is 2.28. The first-order valence-electron chi connectivity index (χ1n) is 7.29. The summed E-state index contributed by atoms with van der Waals surface area (Å²) in [5.41, 5.74) is 6.43. The first kappa shape index (κ1) is 13.2. The minimum atomic E-state index is -0.000602. The molecule has 2 aromatic rings. The van der Waals surface area contributed by atoms with Crippen molar-refractivity contribution in [2.45, 2.75) is 31.7 Å². The second-order valence-electron chi connectivity index (χ2n) is 5.37. The topological polar surface area (TPSA) is 59.5 Å². The lowest BCUT2D eigenvalue weighted by atomic mass is 9.99. The first-order valence-corrected chi connectivity index (χ1v) is 7.29. The van der Waals surface area contributed by atoms with Crippen LogP contribution in [0.1, 0.15) is 36.2 Å². The van der Waals surface area contributed by atoms with E-state index in [0.717, 1.165) is 36.8 Å². The summed E-state index contributed by atoms with van der Waals surface area (Å²) in [5, 5.41) is 0.975. The number of nitrogens with two attached hydrogens (primary N) is 1. The van der Waals surface area contributed by atoms with E-state index >= 15 is 0 Å². The number of hydrogen-bond donors (Lipinski definition) is 1. The number of carbonyl (C=O) groups excluding carboxylic acids is 1. The Kier molecular flexibility index (Phi) is 3.74. The van der Waals surface area contributed by atoms with Crippen molar-refractivity contribution in [3.05, 3.63) is 36.1 Å². The Morgan fingerprint density at radius 1 is 1.35 bits per heavy atom. The van der Waals surface area contributed by atoms with Crippen molar-refractivity contribution in [3.8, 4) is 0 Å². The number of furan rings is 1. The Bertz CT molecular complexity index is 570. The fraction of sp³-hybridized carbons (Fsp3) is 0.438. The van der Waals surface area contributed by atoms with Crippen molar-refractivity contribution >= 4 is 16.9 Å². The van der Waals surface area contributed by atoms with Gasteiger partial charge < -0.3 is 15.1 Å². The van der Waals surface area contributed by atoms with E-state index in [1.807, 2.05) is 35.2 Å². The molecule has 0 saturated carbocycles. The van der Waals surface area contributed by atoms with Crippen molar-refractivity contribution < 1.29 is 9.21 Å². The summed E-state index contributed by atoms with van der Waals surface area (Å²) >= 11 is 0. The number of para-hydroxylation sites is 1. The molecule has 0 spiro atoms. The second kappa shape index (κ2) is 5.67. The molecule has 1 amide bonds. The van der Waals surface area contributed by atoms with Gasteiger partial charge in [-0.2, -0.15) is 0 Å². The Labute approximate surface area is 118 Å². The molecule has 1 atom stereocenters. The number of fused-ring (bicyclic) bond motifs is 1. The molecule has 0 bridgehead atoms. The van der Waals surface area contributed by atoms with Gasteiger partial charge in [0.15, 0.2) is 5.76 Å². The quantitative estimate of drug-likeness (QED) is 0.934. The summed E-state index contributed by atoms with van der Waals surface area (Å²) in [4.78, 5) is 14.6. The lowest BCUT2D eigenvalue weighted by Gasteiger charge is -2.35. The van der Waals surface area contributed by atoms with Crippen LogP contribution in [0.5, 0.6) is 0 Å². The summed E-state index contributed by atoms with van der Waals surface area (Å²) in [7, 11) is 0. The molecular weight excluding hydrogens is 252 g/mol. The van der Waals surface area contributed by atoms with Crippen LogP contribution in [0.15, 0.2) is 34.7 Å². The smallest absolute Gasteiger partial charge is 0.289 e. The van der Waals surface area contributed by atoms with Gasteiger partial charge in [-0.3, -0.25) is 4.79 Å². The number of piperidine rings is 1. The minimum absolute atomic E-state index is 0.000602. The van der Waals surface area contributed by atoms with Gasteiger partial charge in [0.25, 0.3) is 5.91 Å². The molecule has 1 unspecified atom stereocenters. The fourth-order valence-electron chi connectivity index (χ4n) is 2.99. The standard InChI is InChI=1S/C16H20N2O2/c17-9-8-13-6-3-4-10-18(13)16(19)15-11-12-5-1-2-7-14(12)20-15/h1-2,5,7,11,13H,3-4,6,8-10,17H2. The van der Waals surface area contributed by atoms with Crippen LogP contribution < -0.4 is 5.73 Å². The average Bonchev–Trinajstić information content (AvgIpc) is 2.91. The normalized spacial score (nSPS) is 19.4. The van der Waals surface area contributed by atoms with E-state index in [1.165, 1.54) is 6.42 Å². The molecule has 2 N–H and O–H groups in total. The van der Waals surface area contributed by atoms with Crippen LogP contribution in [0, 0.1) is 0 Å². The molecule has 4 heteroatoms. The van der Waals surface area contributed by atoms with Gasteiger partial charge >= 0.3 is 0 Å². The van der Waals surface area contributed by atoms with Crippen LogP contribution in [-0.4, -0.2) is 29.9 Å². The molecule has 20 heavy (non-hydrogen) atoms. The molecular formula is C16H20N2O2. The molecule has 4 nitrogen and oxygen atoms in total. The molecule has 3 rings (SSSR count). The van der Waals surface area contributed by atoms with E-state index in [0.29, 0.717) is 12.3 Å². The van der Waals surface area contributed by atoms with E-state index < -0.39 is 0 Å². The number of nitrogens with zero attached hydrogens (tertiary/aromatic N) is 1. The minimum Gasteiger partial charge on any atom is -0.451 e. The highest BCUT2D eigenvalue weighted by molar-refractivity contribution is 5.96. The van der Waals surface area contributed by atoms with Crippen molar-refractivity contribution in [1.82, 2.24) is 4.90 Å². The zero-order valence-corrected chi connectivity index (χ0v) is 11.5. The summed E-state index contributed by atoms with van der Waals surface area (Å²) < 4.78 is 5.69. The van der Waals surface area contributed by atoms with Gasteiger partial charge in [-0.1, -0.05) is 18.2 Å². The van der Waals surface area contributed by atoms with Gasteiger partial charge in [0, 0.05) is 18.0 Å². The first-order chi connectivity index (χ1) is 9.79. The Balaban J connectivity index is 1.86. The lowest BCUT2D eigenvalue weighted by Crippen LogP contribution is -2.44. The highest BCUT2D eigenvalue weighted by atomic mass is 16.3. The van der Waals surface area contributed by atoms with E-state index in [-0.39, 0.29) is 11.9 Å². The maximum atomic E-state index is 12.6. The van der Waals surface area contributed by atoms with Crippen LogP contribution in [-0.2, 0) is 0 Å². The maximum Gasteiger partial charge on any atom is 0.289 e. The molecule has 1 aliphatic heterocycles. The zero-order chi connectivity index (χ0) is 13.9. The summed E-state index contributed by atoms with van der Waals surface area (Å²) in [5.74, 6) is 0.439. The number of benzene rings is 1. The molecule has 0 radical (unpaired) electrons. The molecule has 1 fully saturated rings. The molecule has 0 aliphatic carbocycles. The van der Waals surface area contributed by atoms with Crippen LogP contribution in [0.3, 0.4) is 0 Å². The summed E-state index contributed by atoms with van der Waals surface area (Å²) in [6.45, 7) is 1.43. The van der Waals surface area contributed by atoms with Crippen LogP contribution >= 0.6 is 0 Å². The largest absolute Gasteiger partial charge is 0.451 e. The predicted molar refractivity (Wildman–Crippen MR) is 78.6 cm³/mol. The van der Waals surface area contributed by atoms with Gasteiger partial charge in [0.2, 0.25) is 0 Å². The van der Waals surface area contributed by atoms with Gasteiger partial charge in [0.1, 0.15) is 5.58 Å². The molecule has 1 saturated heterocycles. The van der Waals surface area contributed by atoms with Gasteiger partial charge in [-0.25, -0.2) is 0 Å². The van der Waals surface area contributed by atoms with Gasteiger partial charge in [-0.05, 0) is 44.4 Å². The van der Waals surface area contributed by atoms with Crippen molar-refractivity contribution in [2.75, 3.05) is 13.1 Å². The van der Waals surface area contributed by atoms with Crippen molar-refractivity contribution in [3.63, 3.8) is 0 Å². The van der Waals surface area contributed by atoms with Crippen LogP contribution in [0.2, 0.25) is 0 Å². The van der Waals surface area contributed by atoms with E-state index in [9.17, 15) is 4.79 Å². The van der Waals surface area contributed by atoms with Gasteiger partial charge in [-0.15, -0.1) is 0 Å². The van der Waals surface area contributed by atoms with E-state index in [2.05, 4.69) is 0 Å². The third-order valence-electron chi connectivity index (χ3n) is 4.02. The summed E-state index contributed by atoms with van der Waals surface area (Å²) in [6.07, 6.45) is 4.15. The molecule has 1 aromatic carbocycles. The number of hydrogen-bond acceptors (Lipinski definition) is 3. The Morgan fingerprint density at radius 3 is 3.00 bits per heavy atom. The number of rotatable bonds is 3. The Morgan fingerprint density at radius 2 is 2.20 bits per heavy atom. The molecule has 2 heterocycles. The monoisotopic (exact) mass is 272 g/mol.